The van der Waals surface area contributed by atoms with Crippen LogP contribution in [-0.2, 0) is 7.05 Å². The minimum absolute atomic E-state index is 0.108. The number of pyridine rings is 2. The van der Waals surface area contributed by atoms with Crippen molar-refractivity contribution in [3.05, 3.63) is 64.6 Å². The third-order valence-corrected chi connectivity index (χ3v) is 3.56. The molecule has 2 aromatic heterocycles. The minimum Gasteiger partial charge on any atom is -0.406 e. The second-order valence-electron chi connectivity index (χ2n) is 5.36. The van der Waals surface area contributed by atoms with Crippen LogP contribution >= 0.6 is 0 Å². The van der Waals surface area contributed by atoms with E-state index in [1.165, 1.54) is 36.0 Å². The van der Waals surface area contributed by atoms with Gasteiger partial charge in [-0.05, 0) is 42.5 Å². The molecule has 9 heteroatoms. The van der Waals surface area contributed by atoms with Crippen molar-refractivity contribution in [2.45, 2.75) is 6.36 Å². The van der Waals surface area contributed by atoms with Crippen molar-refractivity contribution in [1.29, 1.82) is 0 Å². The number of aromatic nitrogens is 2. The van der Waals surface area contributed by atoms with Crippen LogP contribution < -0.4 is 15.6 Å². The fraction of sp³-hybridized carbons (Fsp3) is 0.118. The number of carbonyl (C=O) groups excluding carboxylic acids is 1. The minimum atomic E-state index is -4.80. The second kappa shape index (κ2) is 6.51. The molecule has 0 bridgehead atoms. The Balaban J connectivity index is 1.85. The molecule has 2 heterocycles. The van der Waals surface area contributed by atoms with E-state index in [-0.39, 0.29) is 11.3 Å². The number of anilines is 1. The van der Waals surface area contributed by atoms with Crippen molar-refractivity contribution in [2.75, 3.05) is 5.32 Å². The van der Waals surface area contributed by atoms with Gasteiger partial charge in [0.15, 0.2) is 0 Å². The van der Waals surface area contributed by atoms with Crippen LogP contribution in [0.3, 0.4) is 0 Å². The van der Waals surface area contributed by atoms with Gasteiger partial charge in [0, 0.05) is 24.3 Å². The molecule has 0 saturated carbocycles. The highest BCUT2D eigenvalue weighted by atomic mass is 19.4. The maximum atomic E-state index is 12.4. The number of hydrogen-bond donors (Lipinski definition) is 1. The Kier molecular flexibility index (Phi) is 4.37. The van der Waals surface area contributed by atoms with Crippen LogP contribution in [0.15, 0.2) is 53.5 Å². The van der Waals surface area contributed by atoms with Gasteiger partial charge in [-0.1, -0.05) is 0 Å². The molecule has 0 radical (unpaired) electrons. The molecule has 3 aromatic rings. The Hall–Kier alpha value is -3.36. The number of halogens is 3. The van der Waals surface area contributed by atoms with Gasteiger partial charge in [-0.3, -0.25) is 14.2 Å². The quantitative estimate of drug-likeness (QED) is 0.776. The lowest BCUT2D eigenvalue weighted by Crippen LogP contribution is -2.28. The molecule has 1 amide bonds. The van der Waals surface area contributed by atoms with E-state index in [1.54, 1.807) is 12.1 Å². The summed E-state index contributed by atoms with van der Waals surface area (Å²) in [7, 11) is 1.50. The maximum Gasteiger partial charge on any atom is 0.573 e. The van der Waals surface area contributed by atoms with E-state index < -0.39 is 23.6 Å². The van der Waals surface area contributed by atoms with Gasteiger partial charge in [0.1, 0.15) is 17.0 Å². The number of hydrogen-bond acceptors (Lipinski definition) is 4. The summed E-state index contributed by atoms with van der Waals surface area (Å²) in [4.78, 5) is 28.8. The van der Waals surface area contributed by atoms with Crippen LogP contribution in [-0.4, -0.2) is 21.8 Å². The molecule has 3 rings (SSSR count). The first kappa shape index (κ1) is 17.5. The fourth-order valence-electron chi connectivity index (χ4n) is 2.40. The van der Waals surface area contributed by atoms with Crippen molar-refractivity contribution in [3.63, 3.8) is 0 Å². The van der Waals surface area contributed by atoms with E-state index in [1.807, 2.05) is 0 Å². The van der Waals surface area contributed by atoms with Crippen LogP contribution in [0.5, 0.6) is 5.75 Å². The number of amides is 1. The van der Waals surface area contributed by atoms with E-state index in [2.05, 4.69) is 15.0 Å². The number of aryl methyl sites for hydroxylation is 1. The molecule has 26 heavy (non-hydrogen) atoms. The molecule has 1 N–H and O–H groups in total. The third kappa shape index (κ3) is 3.66. The number of alkyl halides is 3. The van der Waals surface area contributed by atoms with Gasteiger partial charge in [-0.15, -0.1) is 13.2 Å². The molecule has 0 fully saturated rings. The number of benzene rings is 1. The molecule has 0 aliphatic carbocycles. The predicted molar refractivity (Wildman–Crippen MR) is 88.1 cm³/mol. The number of ether oxygens (including phenoxy) is 1. The lowest BCUT2D eigenvalue weighted by Gasteiger charge is -2.10. The van der Waals surface area contributed by atoms with Crippen LogP contribution in [0.4, 0.5) is 18.9 Å². The predicted octanol–water partition coefficient (Wildman–Crippen LogP) is 3.08. The largest absolute Gasteiger partial charge is 0.573 e. The first-order chi connectivity index (χ1) is 12.2. The highest BCUT2D eigenvalue weighted by Crippen LogP contribution is 2.24. The molecule has 0 atom stereocenters. The van der Waals surface area contributed by atoms with Gasteiger partial charge < -0.3 is 10.1 Å². The van der Waals surface area contributed by atoms with Crippen LogP contribution in [0.25, 0.3) is 11.0 Å². The zero-order valence-electron chi connectivity index (χ0n) is 13.4. The Morgan fingerprint density at radius 2 is 1.88 bits per heavy atom. The standard InChI is InChI=1S/C17H12F3N3O3/c1-23-14-10(3-2-8-21-14)9-13(16(23)25)15(24)22-11-4-6-12(7-5-11)26-17(18,19)20/h2-9H,1H3,(H,22,24). The van der Waals surface area contributed by atoms with Gasteiger partial charge in [0.05, 0.1) is 0 Å². The number of nitrogens with zero attached hydrogens (tertiary/aromatic N) is 2. The molecular formula is C17H12F3N3O3. The SMILES string of the molecule is Cn1c(=O)c(C(=O)Nc2ccc(OC(F)(F)F)cc2)cc2cccnc21. The molecule has 0 unspecified atom stereocenters. The summed E-state index contributed by atoms with van der Waals surface area (Å²) in [6.07, 6.45) is -3.26. The van der Waals surface area contributed by atoms with Gasteiger partial charge in [0.2, 0.25) is 0 Å². The molecular weight excluding hydrogens is 351 g/mol. The molecule has 0 spiro atoms. The third-order valence-electron chi connectivity index (χ3n) is 3.56. The molecule has 6 nitrogen and oxygen atoms in total. The van der Waals surface area contributed by atoms with Gasteiger partial charge in [0.25, 0.3) is 11.5 Å². The van der Waals surface area contributed by atoms with E-state index in [9.17, 15) is 22.8 Å². The van der Waals surface area contributed by atoms with Gasteiger partial charge in [-0.25, -0.2) is 4.98 Å². The van der Waals surface area contributed by atoms with Crippen LogP contribution in [0.1, 0.15) is 10.4 Å². The number of fused-ring (bicyclic) bond motifs is 1. The Bertz CT molecular complexity index is 1030. The molecule has 0 aliphatic heterocycles. The van der Waals surface area contributed by atoms with Gasteiger partial charge in [-0.2, -0.15) is 0 Å². The summed E-state index contributed by atoms with van der Waals surface area (Å²) in [5.74, 6) is -1.09. The summed E-state index contributed by atoms with van der Waals surface area (Å²) in [6.45, 7) is 0. The Morgan fingerprint density at radius 3 is 2.54 bits per heavy atom. The average molecular weight is 363 g/mol. The van der Waals surface area contributed by atoms with Crippen molar-refractivity contribution in [3.8, 4) is 5.75 Å². The first-order valence-corrected chi connectivity index (χ1v) is 7.36. The number of carbonyl (C=O) groups is 1. The lowest BCUT2D eigenvalue weighted by molar-refractivity contribution is -0.274. The smallest absolute Gasteiger partial charge is 0.406 e. The molecule has 0 aliphatic rings. The average Bonchev–Trinajstić information content (AvgIpc) is 2.58. The second-order valence-corrected chi connectivity index (χ2v) is 5.36. The van der Waals surface area contributed by atoms with Crippen molar-refractivity contribution in [2.24, 2.45) is 7.05 Å². The topological polar surface area (TPSA) is 73.2 Å². The van der Waals surface area contributed by atoms with Crippen LogP contribution in [0, 0.1) is 0 Å². The zero-order valence-corrected chi connectivity index (χ0v) is 13.4. The zero-order chi connectivity index (χ0) is 18.9. The van der Waals surface area contributed by atoms with E-state index in [0.717, 1.165) is 12.1 Å². The Morgan fingerprint density at radius 1 is 1.19 bits per heavy atom. The fourth-order valence-corrected chi connectivity index (χ4v) is 2.40. The summed E-state index contributed by atoms with van der Waals surface area (Å²) in [5, 5.41) is 3.08. The molecule has 134 valence electrons. The first-order valence-electron chi connectivity index (χ1n) is 7.36. The molecule has 0 saturated heterocycles. The van der Waals surface area contributed by atoms with Crippen molar-refractivity contribution >= 4 is 22.6 Å². The summed E-state index contributed by atoms with van der Waals surface area (Å²) in [6, 6.07) is 9.41. The highest BCUT2D eigenvalue weighted by molar-refractivity contribution is 6.05. The van der Waals surface area contributed by atoms with E-state index in [4.69, 9.17) is 0 Å². The van der Waals surface area contributed by atoms with E-state index >= 15 is 0 Å². The molecule has 1 aromatic carbocycles. The Labute approximate surface area is 144 Å². The monoisotopic (exact) mass is 363 g/mol. The number of nitrogens with one attached hydrogen (secondary N) is 1. The summed E-state index contributed by atoms with van der Waals surface area (Å²) in [5.41, 5.74) is 0.00917. The summed E-state index contributed by atoms with van der Waals surface area (Å²) >= 11 is 0. The summed E-state index contributed by atoms with van der Waals surface area (Å²) < 4.78 is 41.5. The number of rotatable bonds is 3. The van der Waals surface area contributed by atoms with Crippen molar-refractivity contribution in [1.82, 2.24) is 9.55 Å². The normalized spacial score (nSPS) is 11.4. The maximum absolute atomic E-state index is 12.4. The lowest BCUT2D eigenvalue weighted by atomic mass is 10.2. The van der Waals surface area contributed by atoms with Crippen molar-refractivity contribution < 1.29 is 22.7 Å². The highest BCUT2D eigenvalue weighted by Gasteiger charge is 2.31. The van der Waals surface area contributed by atoms with Crippen LogP contribution in [0.2, 0.25) is 0 Å². The van der Waals surface area contributed by atoms with Gasteiger partial charge >= 0.3 is 6.36 Å². The van der Waals surface area contributed by atoms with E-state index in [0.29, 0.717) is 11.0 Å².